The summed E-state index contributed by atoms with van der Waals surface area (Å²) in [5, 5.41) is 4.83. The molecule has 4 nitrogen and oxygen atoms in total. The smallest absolute Gasteiger partial charge is 0.0468 e. The molecule has 0 fully saturated rings. The molecule has 0 unspecified atom stereocenters. The molecule has 0 aliphatic carbocycles. The minimum Gasteiger partial charge on any atom is -0.310 e. The van der Waals surface area contributed by atoms with Gasteiger partial charge in [0, 0.05) is 68.2 Å². The highest BCUT2D eigenvalue weighted by atomic mass is 15.2. The lowest BCUT2D eigenvalue weighted by Crippen LogP contribution is -2.14. The molecular formula is C65H50N4. The Morgan fingerprint density at radius 2 is 0.493 bits per heavy atom. The van der Waals surface area contributed by atoms with Gasteiger partial charge in [-0.3, -0.25) is 0 Å². The molecule has 0 radical (unpaired) electrons. The average molecular weight is 887 g/mol. The number of para-hydroxylation sites is 3. The van der Waals surface area contributed by atoms with Crippen LogP contribution in [0.5, 0.6) is 0 Å². The molecule has 0 amide bonds. The van der Waals surface area contributed by atoms with Gasteiger partial charge in [-0.25, -0.2) is 0 Å². The van der Waals surface area contributed by atoms with E-state index >= 15 is 0 Å². The third kappa shape index (κ3) is 8.71. The standard InChI is InChI=1S/C65H50N4/c1-3-49-27-30-63(45-48(49)2)67(54-21-7-4-8-22-54)60-39-33-57(34-40-60)66(58-35-41-61(42-36-58)68(55-23-9-5-10-24-55)64-31-28-50-17-13-15-19-52(50)46-64)59-37-43-62(44-38-59)69(56-25-11-6-12-26-56)65-32-29-51-18-14-16-20-53(51)47-65/h3-47H,1H2,2H3. The summed E-state index contributed by atoms with van der Waals surface area (Å²) < 4.78 is 0. The summed E-state index contributed by atoms with van der Waals surface area (Å²) in [7, 11) is 0. The van der Waals surface area contributed by atoms with Crippen LogP contribution in [0.3, 0.4) is 0 Å². The molecule has 0 saturated heterocycles. The zero-order chi connectivity index (χ0) is 46.5. The number of nitrogens with zero attached hydrogens (tertiary/aromatic N) is 4. The molecule has 0 spiro atoms. The van der Waals surface area contributed by atoms with Crippen molar-refractivity contribution in [1.29, 1.82) is 0 Å². The molecule has 330 valence electrons. The van der Waals surface area contributed by atoms with Crippen molar-refractivity contribution in [1.82, 2.24) is 0 Å². The second-order valence-corrected chi connectivity index (χ2v) is 17.2. The van der Waals surface area contributed by atoms with E-state index in [2.05, 4.69) is 300 Å². The van der Waals surface area contributed by atoms with Gasteiger partial charge in [0.15, 0.2) is 0 Å². The Balaban J connectivity index is 1.01. The Bertz CT molecular complexity index is 3350. The van der Waals surface area contributed by atoms with Crippen LogP contribution in [-0.4, -0.2) is 0 Å². The number of anilines is 12. The van der Waals surface area contributed by atoms with E-state index in [9.17, 15) is 0 Å². The van der Waals surface area contributed by atoms with E-state index in [1.165, 1.54) is 27.1 Å². The third-order valence-electron chi connectivity index (χ3n) is 12.9. The normalized spacial score (nSPS) is 11.0. The lowest BCUT2D eigenvalue weighted by Gasteiger charge is -2.30. The van der Waals surface area contributed by atoms with Gasteiger partial charge >= 0.3 is 0 Å². The van der Waals surface area contributed by atoms with Crippen LogP contribution in [0.4, 0.5) is 68.2 Å². The molecular weight excluding hydrogens is 837 g/mol. The summed E-state index contributed by atoms with van der Waals surface area (Å²) in [5.41, 5.74) is 15.2. The lowest BCUT2D eigenvalue weighted by molar-refractivity contribution is 1.24. The molecule has 11 rings (SSSR count). The fraction of sp³-hybridized carbons (Fsp3) is 0.0154. The van der Waals surface area contributed by atoms with Crippen LogP contribution in [0.2, 0.25) is 0 Å². The number of rotatable bonds is 13. The molecule has 4 heteroatoms. The minimum absolute atomic E-state index is 1.04. The average Bonchev–Trinajstić information content (AvgIpc) is 3.41. The maximum atomic E-state index is 4.04. The van der Waals surface area contributed by atoms with E-state index in [4.69, 9.17) is 0 Å². The van der Waals surface area contributed by atoms with E-state index in [1.807, 2.05) is 6.08 Å². The lowest BCUT2D eigenvalue weighted by atomic mass is 10.1. The highest BCUT2D eigenvalue weighted by Crippen LogP contribution is 2.44. The fourth-order valence-corrected chi connectivity index (χ4v) is 9.43. The predicted octanol–water partition coefficient (Wildman–Crippen LogP) is 18.8. The molecule has 69 heavy (non-hydrogen) atoms. The van der Waals surface area contributed by atoms with Crippen molar-refractivity contribution in [2.75, 3.05) is 19.6 Å². The van der Waals surface area contributed by atoms with Crippen LogP contribution in [0.15, 0.2) is 273 Å². The quantitative estimate of drug-likeness (QED) is 0.114. The van der Waals surface area contributed by atoms with E-state index < -0.39 is 0 Å². The van der Waals surface area contributed by atoms with E-state index in [1.54, 1.807) is 0 Å². The van der Waals surface area contributed by atoms with Crippen molar-refractivity contribution in [3.63, 3.8) is 0 Å². The summed E-state index contributed by atoms with van der Waals surface area (Å²) in [6.45, 7) is 6.18. The molecule has 0 aliphatic heterocycles. The highest BCUT2D eigenvalue weighted by Gasteiger charge is 2.20. The summed E-state index contributed by atoms with van der Waals surface area (Å²) >= 11 is 0. The van der Waals surface area contributed by atoms with Gasteiger partial charge in [-0.05, 0) is 185 Å². The van der Waals surface area contributed by atoms with Gasteiger partial charge in [0.25, 0.3) is 0 Å². The number of aryl methyl sites for hydroxylation is 1. The first kappa shape index (κ1) is 42.5. The molecule has 0 atom stereocenters. The number of fused-ring (bicyclic) bond motifs is 2. The van der Waals surface area contributed by atoms with E-state index in [0.717, 1.165) is 73.8 Å². The van der Waals surface area contributed by atoms with Crippen LogP contribution in [0.1, 0.15) is 11.1 Å². The van der Waals surface area contributed by atoms with Crippen molar-refractivity contribution >= 4 is 95.9 Å². The summed E-state index contributed by atoms with van der Waals surface area (Å²) in [6.07, 6.45) is 1.92. The summed E-state index contributed by atoms with van der Waals surface area (Å²) in [4.78, 5) is 9.32. The van der Waals surface area contributed by atoms with Crippen molar-refractivity contribution in [2.24, 2.45) is 0 Å². The van der Waals surface area contributed by atoms with Crippen molar-refractivity contribution in [2.45, 2.75) is 6.92 Å². The van der Waals surface area contributed by atoms with Crippen LogP contribution in [-0.2, 0) is 0 Å². The molecule has 0 aromatic heterocycles. The zero-order valence-corrected chi connectivity index (χ0v) is 38.5. The SMILES string of the molecule is C=Cc1ccc(N(c2ccccc2)c2ccc(N(c3ccc(N(c4ccccc4)c4ccc5ccccc5c4)cc3)c3ccc(N(c4ccccc4)c4ccc5ccccc5c4)cc3)cc2)cc1C. The first-order chi connectivity index (χ1) is 34.1. The Kier molecular flexibility index (Phi) is 11.7. The van der Waals surface area contributed by atoms with Gasteiger partial charge in [0.05, 0.1) is 0 Å². The van der Waals surface area contributed by atoms with Crippen LogP contribution >= 0.6 is 0 Å². The molecule has 0 N–H and O–H groups in total. The Hall–Kier alpha value is -9.12. The molecule has 11 aromatic carbocycles. The van der Waals surface area contributed by atoms with Crippen LogP contribution in [0, 0.1) is 6.92 Å². The Labute approximate surface area is 405 Å². The Morgan fingerprint density at radius 3 is 0.812 bits per heavy atom. The number of hydrogen-bond donors (Lipinski definition) is 0. The third-order valence-corrected chi connectivity index (χ3v) is 12.9. The zero-order valence-electron chi connectivity index (χ0n) is 38.5. The molecule has 11 aromatic rings. The van der Waals surface area contributed by atoms with Crippen molar-refractivity contribution in [3.05, 3.63) is 285 Å². The maximum absolute atomic E-state index is 4.04. The first-order valence-electron chi connectivity index (χ1n) is 23.4. The largest absolute Gasteiger partial charge is 0.310 e. The van der Waals surface area contributed by atoms with E-state index in [-0.39, 0.29) is 0 Å². The summed E-state index contributed by atoms with van der Waals surface area (Å²) in [5.74, 6) is 0. The molecule has 0 heterocycles. The van der Waals surface area contributed by atoms with Crippen LogP contribution < -0.4 is 19.6 Å². The van der Waals surface area contributed by atoms with Crippen molar-refractivity contribution in [3.8, 4) is 0 Å². The molecule has 0 aliphatic rings. The van der Waals surface area contributed by atoms with Gasteiger partial charge in [0.1, 0.15) is 0 Å². The van der Waals surface area contributed by atoms with E-state index in [0.29, 0.717) is 0 Å². The van der Waals surface area contributed by atoms with Gasteiger partial charge in [0.2, 0.25) is 0 Å². The number of hydrogen-bond acceptors (Lipinski definition) is 4. The highest BCUT2D eigenvalue weighted by molar-refractivity contribution is 5.92. The summed E-state index contributed by atoms with van der Waals surface area (Å²) in [6, 6.07) is 95.6. The van der Waals surface area contributed by atoms with Gasteiger partial charge in [-0.1, -0.05) is 134 Å². The monoisotopic (exact) mass is 886 g/mol. The first-order valence-corrected chi connectivity index (χ1v) is 23.4. The van der Waals surface area contributed by atoms with Crippen molar-refractivity contribution < 1.29 is 0 Å². The van der Waals surface area contributed by atoms with Gasteiger partial charge in [-0.2, -0.15) is 0 Å². The maximum Gasteiger partial charge on any atom is 0.0468 e. The fourth-order valence-electron chi connectivity index (χ4n) is 9.43. The topological polar surface area (TPSA) is 13.0 Å². The predicted molar refractivity (Wildman–Crippen MR) is 295 cm³/mol. The molecule has 0 saturated carbocycles. The Morgan fingerprint density at radius 1 is 0.246 bits per heavy atom. The van der Waals surface area contributed by atoms with Gasteiger partial charge < -0.3 is 19.6 Å². The van der Waals surface area contributed by atoms with Crippen LogP contribution in [0.25, 0.3) is 27.6 Å². The minimum atomic E-state index is 1.04. The van der Waals surface area contributed by atoms with Gasteiger partial charge in [-0.15, -0.1) is 0 Å². The number of benzene rings is 11. The second kappa shape index (κ2) is 19.0. The second-order valence-electron chi connectivity index (χ2n) is 17.2. The molecule has 0 bridgehead atoms.